The molecule has 0 atom stereocenters. The topological polar surface area (TPSA) is 36.4 Å². The highest BCUT2D eigenvalue weighted by Crippen LogP contribution is 2.30. The third-order valence-corrected chi connectivity index (χ3v) is 6.65. The van der Waals surface area contributed by atoms with E-state index in [2.05, 4.69) is 4.98 Å². The van der Waals surface area contributed by atoms with Crippen molar-refractivity contribution in [2.75, 3.05) is 37.8 Å². The van der Waals surface area contributed by atoms with E-state index >= 15 is 0 Å². The molecule has 0 saturated carbocycles. The number of hydrogen-bond donors (Lipinski definition) is 0. The van der Waals surface area contributed by atoms with E-state index in [1.165, 1.54) is 23.5 Å². The average molecular weight is 452 g/mol. The van der Waals surface area contributed by atoms with Gasteiger partial charge in [-0.1, -0.05) is 22.9 Å². The second-order valence-electron chi connectivity index (χ2n) is 6.86. The van der Waals surface area contributed by atoms with Crippen molar-refractivity contribution >= 4 is 56.0 Å². The molecule has 0 bridgehead atoms. The van der Waals surface area contributed by atoms with Gasteiger partial charge in [0.25, 0.3) is 0 Å². The lowest BCUT2D eigenvalue weighted by molar-refractivity contribution is -0.118. The lowest BCUT2D eigenvalue weighted by atomic mass is 10.3. The summed E-state index contributed by atoms with van der Waals surface area (Å²) < 4.78 is 14.3. The molecule has 0 radical (unpaired) electrons. The van der Waals surface area contributed by atoms with E-state index in [0.29, 0.717) is 23.6 Å². The number of rotatable bonds is 9. The molecule has 2 aromatic carbocycles. The van der Waals surface area contributed by atoms with E-state index in [4.69, 9.17) is 11.6 Å². The summed E-state index contributed by atoms with van der Waals surface area (Å²) in [5, 5.41) is 1.35. The van der Waals surface area contributed by atoms with Crippen LogP contribution in [-0.2, 0) is 4.79 Å². The van der Waals surface area contributed by atoms with E-state index in [9.17, 15) is 9.18 Å². The summed E-state index contributed by atoms with van der Waals surface area (Å²) in [5.41, 5.74) is 0.715. The highest BCUT2D eigenvalue weighted by molar-refractivity contribution is 7.99. The standard InChI is InChI=1S/C21H23ClFN3OS2/c1-25(2)11-12-26(21-24-18-10-7-16(23)14-19(18)29-21)20(27)4-3-13-28-17-8-5-15(22)6-9-17/h5-10,14H,3-4,11-13H2,1-2H3. The quantitative estimate of drug-likeness (QED) is 0.315. The number of carbonyl (C=O) groups is 1. The van der Waals surface area contributed by atoms with Gasteiger partial charge in [0.05, 0.1) is 10.2 Å². The van der Waals surface area contributed by atoms with Crippen molar-refractivity contribution in [3.05, 3.63) is 53.3 Å². The number of likely N-dealkylation sites (N-methyl/N-ethyl adjacent to an activating group) is 1. The zero-order chi connectivity index (χ0) is 20.8. The fraction of sp³-hybridized carbons (Fsp3) is 0.333. The Kier molecular flexibility index (Phi) is 7.89. The van der Waals surface area contributed by atoms with Crippen LogP contribution in [0.15, 0.2) is 47.4 Å². The molecule has 0 unspecified atom stereocenters. The largest absolute Gasteiger partial charge is 0.308 e. The molecule has 0 aliphatic carbocycles. The first-order valence-electron chi connectivity index (χ1n) is 9.32. The number of benzene rings is 2. The minimum absolute atomic E-state index is 0.0445. The van der Waals surface area contributed by atoms with Crippen LogP contribution < -0.4 is 4.90 Å². The molecule has 154 valence electrons. The highest BCUT2D eigenvalue weighted by Gasteiger charge is 2.19. The van der Waals surface area contributed by atoms with Gasteiger partial charge in [-0.05, 0) is 68.7 Å². The number of nitrogens with zero attached hydrogens (tertiary/aromatic N) is 3. The molecule has 1 aromatic heterocycles. The molecular formula is C21H23ClFN3OS2. The molecule has 0 spiro atoms. The number of thioether (sulfide) groups is 1. The normalized spacial score (nSPS) is 11.3. The third kappa shape index (κ3) is 6.40. The second kappa shape index (κ2) is 10.4. The summed E-state index contributed by atoms with van der Waals surface area (Å²) in [7, 11) is 3.94. The molecular weight excluding hydrogens is 429 g/mol. The van der Waals surface area contributed by atoms with Crippen molar-refractivity contribution in [3.63, 3.8) is 0 Å². The Morgan fingerprint density at radius 1 is 1.17 bits per heavy atom. The van der Waals surface area contributed by atoms with E-state index in [1.807, 2.05) is 43.3 Å². The third-order valence-electron chi connectivity index (χ3n) is 4.26. The van der Waals surface area contributed by atoms with Crippen LogP contribution in [0.5, 0.6) is 0 Å². The molecule has 29 heavy (non-hydrogen) atoms. The molecule has 3 rings (SSSR count). The van der Waals surface area contributed by atoms with Crippen LogP contribution in [0.25, 0.3) is 10.2 Å². The summed E-state index contributed by atoms with van der Waals surface area (Å²) in [6.45, 7) is 1.29. The molecule has 4 nitrogen and oxygen atoms in total. The van der Waals surface area contributed by atoms with Gasteiger partial charge in [-0.15, -0.1) is 11.8 Å². The monoisotopic (exact) mass is 451 g/mol. The SMILES string of the molecule is CN(C)CCN(C(=O)CCCSc1ccc(Cl)cc1)c1nc2ccc(F)cc2s1. The Morgan fingerprint density at radius 3 is 2.66 bits per heavy atom. The summed E-state index contributed by atoms with van der Waals surface area (Å²) in [6, 6.07) is 12.2. The molecule has 0 aliphatic heterocycles. The van der Waals surface area contributed by atoms with E-state index < -0.39 is 0 Å². The van der Waals surface area contributed by atoms with Gasteiger partial charge in [0.2, 0.25) is 5.91 Å². The van der Waals surface area contributed by atoms with Crippen molar-refractivity contribution in [2.45, 2.75) is 17.7 Å². The smallest absolute Gasteiger partial charge is 0.228 e. The van der Waals surface area contributed by atoms with Gasteiger partial charge in [-0.2, -0.15) is 0 Å². The van der Waals surface area contributed by atoms with Crippen LogP contribution in [0.3, 0.4) is 0 Å². The van der Waals surface area contributed by atoms with E-state index in [-0.39, 0.29) is 11.7 Å². The first-order chi connectivity index (χ1) is 13.9. The van der Waals surface area contributed by atoms with Crippen molar-refractivity contribution in [1.82, 2.24) is 9.88 Å². The van der Waals surface area contributed by atoms with Crippen LogP contribution >= 0.6 is 34.7 Å². The lowest BCUT2D eigenvalue weighted by Crippen LogP contribution is -2.36. The van der Waals surface area contributed by atoms with Crippen LogP contribution in [-0.4, -0.2) is 48.7 Å². The summed E-state index contributed by atoms with van der Waals surface area (Å²) in [4.78, 5) is 22.4. The molecule has 0 fully saturated rings. The average Bonchev–Trinajstić information content (AvgIpc) is 3.09. The van der Waals surface area contributed by atoms with E-state index in [0.717, 1.165) is 33.3 Å². The van der Waals surface area contributed by atoms with Crippen molar-refractivity contribution in [1.29, 1.82) is 0 Å². The van der Waals surface area contributed by atoms with Crippen LogP contribution in [0, 0.1) is 5.82 Å². The predicted octanol–water partition coefficient (Wildman–Crippen LogP) is 5.56. The fourth-order valence-corrected chi connectivity index (χ4v) is 4.72. The number of amides is 1. The molecule has 0 saturated heterocycles. The molecule has 1 amide bonds. The second-order valence-corrected chi connectivity index (χ2v) is 9.48. The van der Waals surface area contributed by atoms with Crippen molar-refractivity contribution in [3.8, 4) is 0 Å². The summed E-state index contributed by atoms with van der Waals surface area (Å²) in [5.74, 6) is 0.598. The van der Waals surface area contributed by atoms with Gasteiger partial charge in [0.1, 0.15) is 5.82 Å². The Balaban J connectivity index is 1.63. The maximum Gasteiger partial charge on any atom is 0.228 e. The Morgan fingerprint density at radius 2 is 1.93 bits per heavy atom. The minimum atomic E-state index is -0.293. The maximum atomic E-state index is 13.5. The van der Waals surface area contributed by atoms with Gasteiger partial charge in [-0.3, -0.25) is 9.69 Å². The van der Waals surface area contributed by atoms with Crippen molar-refractivity contribution < 1.29 is 9.18 Å². The first-order valence-corrected chi connectivity index (χ1v) is 11.5. The lowest BCUT2D eigenvalue weighted by Gasteiger charge is -2.22. The molecule has 0 N–H and O–H groups in total. The molecule has 0 aliphatic rings. The van der Waals surface area contributed by atoms with Crippen LogP contribution in [0.2, 0.25) is 5.02 Å². The Bertz CT molecular complexity index is 962. The van der Waals surface area contributed by atoms with Gasteiger partial charge in [-0.25, -0.2) is 9.37 Å². The number of halogens is 2. The van der Waals surface area contributed by atoms with Gasteiger partial charge >= 0.3 is 0 Å². The number of aromatic nitrogens is 1. The van der Waals surface area contributed by atoms with Gasteiger partial charge in [0.15, 0.2) is 5.13 Å². The van der Waals surface area contributed by atoms with Crippen LogP contribution in [0.1, 0.15) is 12.8 Å². The summed E-state index contributed by atoms with van der Waals surface area (Å²) >= 11 is 8.97. The fourth-order valence-electron chi connectivity index (χ4n) is 2.71. The number of anilines is 1. The van der Waals surface area contributed by atoms with Gasteiger partial charge in [0, 0.05) is 29.4 Å². The van der Waals surface area contributed by atoms with Crippen LogP contribution in [0.4, 0.5) is 9.52 Å². The zero-order valence-electron chi connectivity index (χ0n) is 16.4. The minimum Gasteiger partial charge on any atom is -0.308 e. The number of carbonyl (C=O) groups excluding carboxylic acids is 1. The Labute approximate surface area is 183 Å². The number of hydrogen-bond acceptors (Lipinski definition) is 5. The van der Waals surface area contributed by atoms with Gasteiger partial charge < -0.3 is 4.90 Å². The van der Waals surface area contributed by atoms with E-state index in [1.54, 1.807) is 22.7 Å². The summed E-state index contributed by atoms with van der Waals surface area (Å²) in [6.07, 6.45) is 1.21. The highest BCUT2D eigenvalue weighted by atomic mass is 35.5. The Hall–Kier alpha value is -1.67. The zero-order valence-corrected chi connectivity index (χ0v) is 18.8. The number of fused-ring (bicyclic) bond motifs is 1. The predicted molar refractivity (Wildman–Crippen MR) is 122 cm³/mol. The first kappa shape index (κ1) is 22.0. The number of thiazole rings is 1. The molecule has 8 heteroatoms. The molecule has 1 heterocycles. The van der Waals surface area contributed by atoms with Crippen molar-refractivity contribution in [2.24, 2.45) is 0 Å². The maximum absolute atomic E-state index is 13.5. The molecule has 3 aromatic rings.